The second kappa shape index (κ2) is 8.15. The van der Waals surface area contributed by atoms with Crippen molar-refractivity contribution < 1.29 is 9.53 Å². The number of nitrogens with zero attached hydrogens (tertiary/aromatic N) is 1. The smallest absolute Gasteiger partial charge is 0.357 e. The van der Waals surface area contributed by atoms with E-state index in [2.05, 4.69) is 24.1 Å². The number of esters is 1. The number of methoxy groups -OCH3 is 1. The first-order valence-electron chi connectivity index (χ1n) is 6.91. The lowest BCUT2D eigenvalue weighted by Crippen LogP contribution is -2.13. The van der Waals surface area contributed by atoms with Gasteiger partial charge in [0.25, 0.3) is 0 Å². The standard InChI is InChI=1S/C14H24N2O2S/c1-5-7-8-11(6-2)9-15-14-16-12(10(3)19-14)13(17)18-4/h11H,5-9H2,1-4H3,(H,15,16). The van der Waals surface area contributed by atoms with Crippen LogP contribution in [0.25, 0.3) is 0 Å². The molecular weight excluding hydrogens is 260 g/mol. The topological polar surface area (TPSA) is 51.2 Å². The lowest BCUT2D eigenvalue weighted by atomic mass is 10.00. The molecule has 1 N–H and O–H groups in total. The predicted octanol–water partition coefficient (Wildman–Crippen LogP) is 3.87. The van der Waals surface area contributed by atoms with Gasteiger partial charge >= 0.3 is 5.97 Å². The molecule has 19 heavy (non-hydrogen) atoms. The van der Waals surface area contributed by atoms with Crippen LogP contribution < -0.4 is 5.32 Å². The summed E-state index contributed by atoms with van der Waals surface area (Å²) in [5, 5.41) is 4.16. The van der Waals surface area contributed by atoms with E-state index in [9.17, 15) is 4.79 Å². The van der Waals surface area contributed by atoms with Crippen LogP contribution in [-0.2, 0) is 4.74 Å². The first kappa shape index (κ1) is 16.0. The molecule has 0 aromatic carbocycles. The van der Waals surface area contributed by atoms with Crippen molar-refractivity contribution in [1.82, 2.24) is 4.98 Å². The molecule has 0 bridgehead atoms. The molecule has 1 unspecified atom stereocenters. The first-order chi connectivity index (χ1) is 9.12. The highest BCUT2D eigenvalue weighted by Crippen LogP contribution is 2.23. The van der Waals surface area contributed by atoms with E-state index in [4.69, 9.17) is 4.74 Å². The third-order valence-electron chi connectivity index (χ3n) is 3.26. The van der Waals surface area contributed by atoms with Crippen molar-refractivity contribution in [2.24, 2.45) is 5.92 Å². The Kier molecular flexibility index (Phi) is 6.84. The van der Waals surface area contributed by atoms with E-state index in [1.165, 1.54) is 44.1 Å². The van der Waals surface area contributed by atoms with Gasteiger partial charge < -0.3 is 10.1 Å². The highest BCUT2D eigenvalue weighted by atomic mass is 32.1. The minimum Gasteiger partial charge on any atom is -0.464 e. The van der Waals surface area contributed by atoms with Crippen molar-refractivity contribution in [2.45, 2.75) is 46.5 Å². The van der Waals surface area contributed by atoms with Crippen molar-refractivity contribution in [3.8, 4) is 0 Å². The molecule has 5 heteroatoms. The van der Waals surface area contributed by atoms with Gasteiger partial charge in [-0.3, -0.25) is 0 Å². The Hall–Kier alpha value is -1.10. The van der Waals surface area contributed by atoms with Gasteiger partial charge in [0.2, 0.25) is 0 Å². The Labute approximate surface area is 119 Å². The maximum Gasteiger partial charge on any atom is 0.357 e. The Morgan fingerprint density at radius 2 is 2.21 bits per heavy atom. The molecular formula is C14H24N2O2S. The molecule has 0 fully saturated rings. The highest BCUT2D eigenvalue weighted by molar-refractivity contribution is 7.15. The van der Waals surface area contributed by atoms with E-state index in [0.29, 0.717) is 11.6 Å². The number of carbonyl (C=O) groups excluding carboxylic acids is 1. The second-order valence-electron chi connectivity index (χ2n) is 4.71. The number of nitrogens with one attached hydrogen (secondary N) is 1. The second-order valence-corrected chi connectivity index (χ2v) is 5.92. The van der Waals surface area contributed by atoms with E-state index >= 15 is 0 Å². The summed E-state index contributed by atoms with van der Waals surface area (Å²) in [6.45, 7) is 7.25. The number of ether oxygens (including phenoxy) is 1. The van der Waals surface area contributed by atoms with Crippen LogP contribution in [0.15, 0.2) is 0 Å². The fourth-order valence-corrected chi connectivity index (χ4v) is 2.74. The van der Waals surface area contributed by atoms with E-state index in [1.54, 1.807) is 0 Å². The van der Waals surface area contributed by atoms with Crippen molar-refractivity contribution >= 4 is 22.4 Å². The molecule has 0 amide bonds. The number of rotatable bonds is 8. The quantitative estimate of drug-likeness (QED) is 0.736. The molecule has 1 heterocycles. The summed E-state index contributed by atoms with van der Waals surface area (Å²) in [4.78, 5) is 16.7. The minimum atomic E-state index is -0.361. The van der Waals surface area contributed by atoms with Gasteiger partial charge in [0.05, 0.1) is 7.11 Å². The average molecular weight is 284 g/mol. The van der Waals surface area contributed by atoms with Crippen LogP contribution in [0.3, 0.4) is 0 Å². The largest absolute Gasteiger partial charge is 0.464 e. The first-order valence-corrected chi connectivity index (χ1v) is 7.73. The lowest BCUT2D eigenvalue weighted by Gasteiger charge is -2.14. The summed E-state index contributed by atoms with van der Waals surface area (Å²) >= 11 is 1.51. The summed E-state index contributed by atoms with van der Waals surface area (Å²) in [5.41, 5.74) is 0.427. The van der Waals surface area contributed by atoms with Gasteiger partial charge in [-0.15, -0.1) is 11.3 Å². The SMILES string of the molecule is CCCCC(CC)CNc1nc(C(=O)OC)c(C)s1. The van der Waals surface area contributed by atoms with E-state index < -0.39 is 0 Å². The van der Waals surface area contributed by atoms with Crippen LogP contribution in [0.4, 0.5) is 5.13 Å². The number of hydrogen-bond donors (Lipinski definition) is 1. The monoisotopic (exact) mass is 284 g/mol. The molecule has 0 aliphatic carbocycles. The summed E-state index contributed by atoms with van der Waals surface area (Å²) in [6.07, 6.45) is 4.92. The number of hydrogen-bond acceptors (Lipinski definition) is 5. The van der Waals surface area contributed by atoms with Crippen LogP contribution in [0.2, 0.25) is 0 Å². The number of aryl methyl sites for hydroxylation is 1. The van der Waals surface area contributed by atoms with Gasteiger partial charge in [0.1, 0.15) is 0 Å². The molecule has 0 aliphatic rings. The van der Waals surface area contributed by atoms with Gasteiger partial charge in [0.15, 0.2) is 10.8 Å². The van der Waals surface area contributed by atoms with Gasteiger partial charge in [-0.25, -0.2) is 9.78 Å². The number of anilines is 1. The third-order valence-corrected chi connectivity index (χ3v) is 4.19. The van der Waals surface area contributed by atoms with E-state index in [0.717, 1.165) is 16.6 Å². The molecule has 1 aromatic heterocycles. The Morgan fingerprint density at radius 3 is 2.79 bits per heavy atom. The molecule has 4 nitrogen and oxygen atoms in total. The molecule has 0 saturated heterocycles. The number of aromatic nitrogens is 1. The van der Waals surface area contributed by atoms with Crippen LogP contribution in [0, 0.1) is 12.8 Å². The highest BCUT2D eigenvalue weighted by Gasteiger charge is 2.16. The maximum absolute atomic E-state index is 11.5. The Balaban J connectivity index is 2.55. The molecule has 0 aliphatic heterocycles. The lowest BCUT2D eigenvalue weighted by molar-refractivity contribution is 0.0594. The maximum atomic E-state index is 11.5. The van der Waals surface area contributed by atoms with E-state index in [-0.39, 0.29) is 5.97 Å². The number of carbonyl (C=O) groups is 1. The zero-order valence-corrected chi connectivity index (χ0v) is 13.1. The normalized spacial score (nSPS) is 12.2. The molecule has 0 radical (unpaired) electrons. The van der Waals surface area contributed by atoms with Gasteiger partial charge in [-0.1, -0.05) is 33.1 Å². The van der Waals surface area contributed by atoms with Gasteiger partial charge in [0, 0.05) is 11.4 Å². The summed E-state index contributed by atoms with van der Waals surface area (Å²) in [5.74, 6) is 0.311. The minimum absolute atomic E-state index is 0.361. The van der Waals surface area contributed by atoms with Gasteiger partial charge in [-0.05, 0) is 19.3 Å². The summed E-state index contributed by atoms with van der Waals surface area (Å²) < 4.78 is 4.71. The Morgan fingerprint density at radius 1 is 1.47 bits per heavy atom. The zero-order valence-electron chi connectivity index (χ0n) is 12.3. The summed E-state index contributed by atoms with van der Waals surface area (Å²) in [6, 6.07) is 0. The van der Waals surface area contributed by atoms with Crippen molar-refractivity contribution in [3.05, 3.63) is 10.6 Å². The fraction of sp³-hybridized carbons (Fsp3) is 0.714. The molecule has 1 atom stereocenters. The molecule has 1 aromatic rings. The van der Waals surface area contributed by atoms with E-state index in [1.807, 2.05) is 6.92 Å². The number of thiazole rings is 1. The van der Waals surface area contributed by atoms with Crippen LogP contribution in [0.1, 0.15) is 54.9 Å². The number of unbranched alkanes of at least 4 members (excludes halogenated alkanes) is 1. The van der Waals surface area contributed by atoms with Crippen LogP contribution in [-0.4, -0.2) is 24.6 Å². The molecule has 0 spiro atoms. The average Bonchev–Trinajstić information content (AvgIpc) is 2.79. The molecule has 1 rings (SSSR count). The van der Waals surface area contributed by atoms with Crippen LogP contribution >= 0.6 is 11.3 Å². The molecule has 108 valence electrons. The zero-order chi connectivity index (χ0) is 14.3. The van der Waals surface area contributed by atoms with Gasteiger partial charge in [-0.2, -0.15) is 0 Å². The summed E-state index contributed by atoms with van der Waals surface area (Å²) in [7, 11) is 1.38. The van der Waals surface area contributed by atoms with Crippen molar-refractivity contribution in [3.63, 3.8) is 0 Å². The van der Waals surface area contributed by atoms with Crippen molar-refractivity contribution in [2.75, 3.05) is 19.0 Å². The third kappa shape index (κ3) is 4.82. The van der Waals surface area contributed by atoms with Crippen molar-refractivity contribution in [1.29, 1.82) is 0 Å². The Bertz CT molecular complexity index is 404. The van der Waals surface area contributed by atoms with Crippen LogP contribution in [0.5, 0.6) is 0 Å². The molecule has 0 saturated carbocycles. The fourth-order valence-electron chi connectivity index (χ4n) is 1.93. The predicted molar refractivity (Wildman–Crippen MR) is 80.0 cm³/mol.